The minimum absolute atomic E-state index is 0.439. The largest absolute Gasteiger partial charge is 0.497 e. The number of hydrogen-bond donors (Lipinski definition) is 2. The van der Waals surface area contributed by atoms with Crippen LogP contribution in [0.25, 0.3) is 0 Å². The average molecular weight is 381 g/mol. The molecule has 6 nitrogen and oxygen atoms in total. The monoisotopic (exact) mass is 380 g/mol. The van der Waals surface area contributed by atoms with Crippen LogP contribution in [-0.4, -0.2) is 64.4 Å². The molecule has 0 aromatic heterocycles. The van der Waals surface area contributed by atoms with Gasteiger partial charge in [-0.3, -0.25) is 4.99 Å². The second-order valence-corrected chi connectivity index (χ2v) is 7.75. The van der Waals surface area contributed by atoms with E-state index in [4.69, 9.17) is 9.47 Å². The fraction of sp³-hybridized carbons (Fsp3) is 0.632. The molecule has 2 N–H and O–H groups in total. The molecule has 26 heavy (non-hydrogen) atoms. The number of thioether (sulfide) groups is 1. The van der Waals surface area contributed by atoms with Gasteiger partial charge in [0.1, 0.15) is 11.5 Å². The Morgan fingerprint density at radius 3 is 2.35 bits per heavy atom. The van der Waals surface area contributed by atoms with Crippen molar-refractivity contribution in [1.29, 1.82) is 0 Å². The molecule has 1 atom stereocenters. The standard InChI is InChI=1S/C19H32N4O2S/c1-14(26-5)13-21-19(20-2)22-15-6-8-23(9-7-15)16-10-17(24-3)12-18(11-16)25-4/h10-12,14-15H,6-9,13H2,1-5H3,(H2,20,21,22). The summed E-state index contributed by atoms with van der Waals surface area (Å²) in [5, 5.41) is 7.54. The molecule has 1 saturated heterocycles. The SMILES string of the molecule is CN=C(NCC(C)SC)NC1CCN(c2cc(OC)cc(OC)c2)CC1. The van der Waals surface area contributed by atoms with Gasteiger partial charge in [-0.1, -0.05) is 6.92 Å². The number of guanidine groups is 1. The van der Waals surface area contributed by atoms with Gasteiger partial charge in [0.15, 0.2) is 5.96 Å². The molecule has 1 aromatic carbocycles. The lowest BCUT2D eigenvalue weighted by Crippen LogP contribution is -2.49. The second-order valence-electron chi connectivity index (χ2n) is 6.48. The molecule has 0 aliphatic carbocycles. The summed E-state index contributed by atoms with van der Waals surface area (Å²) >= 11 is 1.85. The molecular formula is C19H32N4O2S. The van der Waals surface area contributed by atoms with Gasteiger partial charge in [0, 0.05) is 61.9 Å². The highest BCUT2D eigenvalue weighted by atomic mass is 32.2. The van der Waals surface area contributed by atoms with Gasteiger partial charge in [-0.2, -0.15) is 11.8 Å². The third kappa shape index (κ3) is 5.90. The van der Waals surface area contributed by atoms with E-state index in [9.17, 15) is 0 Å². The van der Waals surface area contributed by atoms with Gasteiger partial charge >= 0.3 is 0 Å². The zero-order chi connectivity index (χ0) is 18.9. The molecule has 7 heteroatoms. The lowest BCUT2D eigenvalue weighted by atomic mass is 10.0. The van der Waals surface area contributed by atoms with E-state index >= 15 is 0 Å². The molecule has 1 heterocycles. The van der Waals surface area contributed by atoms with Crippen LogP contribution in [0.1, 0.15) is 19.8 Å². The van der Waals surface area contributed by atoms with Gasteiger partial charge in [-0.05, 0) is 19.1 Å². The minimum atomic E-state index is 0.439. The van der Waals surface area contributed by atoms with Crippen molar-refractivity contribution in [2.75, 3.05) is 52.1 Å². The maximum Gasteiger partial charge on any atom is 0.191 e. The molecule has 0 radical (unpaired) electrons. The first-order valence-corrected chi connectivity index (χ1v) is 10.4. The van der Waals surface area contributed by atoms with Crippen LogP contribution in [0.2, 0.25) is 0 Å². The number of rotatable bonds is 7. The lowest BCUT2D eigenvalue weighted by molar-refractivity contribution is 0.393. The van der Waals surface area contributed by atoms with E-state index in [1.165, 1.54) is 0 Å². The van der Waals surface area contributed by atoms with E-state index in [1.54, 1.807) is 14.2 Å². The zero-order valence-electron chi connectivity index (χ0n) is 16.5. The summed E-state index contributed by atoms with van der Waals surface area (Å²) in [6, 6.07) is 6.49. The summed E-state index contributed by atoms with van der Waals surface area (Å²) in [6.07, 6.45) is 4.27. The number of aliphatic imine (C=N–C) groups is 1. The Labute approximate surface area is 161 Å². The summed E-state index contributed by atoms with van der Waals surface area (Å²) in [6.45, 7) is 5.12. The molecule has 1 aliphatic rings. The number of methoxy groups -OCH3 is 2. The topological polar surface area (TPSA) is 58.1 Å². The van der Waals surface area contributed by atoms with Crippen molar-refractivity contribution in [3.05, 3.63) is 18.2 Å². The predicted octanol–water partition coefficient (Wildman–Crippen LogP) is 2.59. The fourth-order valence-corrected chi connectivity index (χ4v) is 3.22. The molecule has 1 aliphatic heterocycles. The third-order valence-corrected chi connectivity index (χ3v) is 5.69. The van der Waals surface area contributed by atoms with Gasteiger partial charge in [0.05, 0.1) is 14.2 Å². The highest BCUT2D eigenvalue weighted by molar-refractivity contribution is 7.99. The summed E-state index contributed by atoms with van der Waals surface area (Å²) in [5.74, 6) is 2.55. The van der Waals surface area contributed by atoms with Crippen LogP contribution in [-0.2, 0) is 0 Å². The van der Waals surface area contributed by atoms with Crippen molar-refractivity contribution in [2.45, 2.75) is 31.1 Å². The molecule has 1 unspecified atom stereocenters. The molecule has 2 rings (SSSR count). The van der Waals surface area contributed by atoms with Crippen molar-refractivity contribution in [3.63, 3.8) is 0 Å². The first kappa shape index (κ1) is 20.6. The maximum atomic E-state index is 5.39. The average Bonchev–Trinajstić information content (AvgIpc) is 2.70. The lowest BCUT2D eigenvalue weighted by Gasteiger charge is -2.35. The Kier molecular flexibility index (Phi) is 8.22. The summed E-state index contributed by atoms with van der Waals surface area (Å²) in [7, 11) is 5.20. The molecular weight excluding hydrogens is 348 g/mol. The Morgan fingerprint density at radius 1 is 1.23 bits per heavy atom. The first-order valence-electron chi connectivity index (χ1n) is 9.07. The molecule has 1 aromatic rings. The van der Waals surface area contributed by atoms with Crippen LogP contribution in [0.3, 0.4) is 0 Å². The first-order chi connectivity index (χ1) is 12.6. The van der Waals surface area contributed by atoms with E-state index in [-0.39, 0.29) is 0 Å². The quantitative estimate of drug-likeness (QED) is 0.560. The van der Waals surface area contributed by atoms with Gasteiger partial charge < -0.3 is 25.0 Å². The van der Waals surface area contributed by atoms with Crippen molar-refractivity contribution in [2.24, 2.45) is 4.99 Å². The molecule has 1 fully saturated rings. The maximum absolute atomic E-state index is 5.39. The van der Waals surface area contributed by atoms with Crippen LogP contribution < -0.4 is 25.0 Å². The number of nitrogens with zero attached hydrogens (tertiary/aromatic N) is 2. The smallest absolute Gasteiger partial charge is 0.191 e. The van der Waals surface area contributed by atoms with E-state index in [1.807, 2.05) is 24.9 Å². The molecule has 146 valence electrons. The highest BCUT2D eigenvalue weighted by Gasteiger charge is 2.21. The Hall–Kier alpha value is -1.76. The Morgan fingerprint density at radius 2 is 1.85 bits per heavy atom. The second kappa shape index (κ2) is 10.4. The summed E-state index contributed by atoms with van der Waals surface area (Å²) in [5.41, 5.74) is 1.15. The summed E-state index contributed by atoms with van der Waals surface area (Å²) in [4.78, 5) is 6.73. The van der Waals surface area contributed by atoms with E-state index in [2.05, 4.69) is 45.8 Å². The third-order valence-electron chi connectivity index (χ3n) is 4.72. The van der Waals surface area contributed by atoms with E-state index < -0.39 is 0 Å². The van der Waals surface area contributed by atoms with Crippen LogP contribution in [0, 0.1) is 0 Å². The molecule has 0 spiro atoms. The number of hydrogen-bond acceptors (Lipinski definition) is 5. The molecule has 0 saturated carbocycles. The van der Waals surface area contributed by atoms with Crippen molar-refractivity contribution in [3.8, 4) is 11.5 Å². The Balaban J connectivity index is 1.88. The number of piperidine rings is 1. The van der Waals surface area contributed by atoms with Gasteiger partial charge in [0.25, 0.3) is 0 Å². The number of nitrogens with one attached hydrogen (secondary N) is 2. The zero-order valence-corrected chi connectivity index (χ0v) is 17.4. The van der Waals surface area contributed by atoms with Gasteiger partial charge in [0.2, 0.25) is 0 Å². The summed E-state index contributed by atoms with van der Waals surface area (Å²) < 4.78 is 10.8. The van der Waals surface area contributed by atoms with Crippen LogP contribution in [0.5, 0.6) is 11.5 Å². The normalized spacial score (nSPS) is 17.0. The van der Waals surface area contributed by atoms with Gasteiger partial charge in [-0.15, -0.1) is 0 Å². The predicted molar refractivity (Wildman–Crippen MR) is 112 cm³/mol. The van der Waals surface area contributed by atoms with Gasteiger partial charge in [-0.25, -0.2) is 0 Å². The number of benzene rings is 1. The minimum Gasteiger partial charge on any atom is -0.497 e. The molecule has 0 bridgehead atoms. The van der Waals surface area contributed by atoms with E-state index in [0.717, 1.165) is 55.6 Å². The fourth-order valence-electron chi connectivity index (χ4n) is 2.97. The molecule has 0 amide bonds. The van der Waals surface area contributed by atoms with E-state index in [0.29, 0.717) is 11.3 Å². The van der Waals surface area contributed by atoms with Crippen molar-refractivity contribution >= 4 is 23.4 Å². The van der Waals surface area contributed by atoms with Crippen LogP contribution in [0.4, 0.5) is 5.69 Å². The Bertz CT molecular complexity index is 567. The van der Waals surface area contributed by atoms with Crippen LogP contribution in [0.15, 0.2) is 23.2 Å². The van der Waals surface area contributed by atoms with Crippen LogP contribution >= 0.6 is 11.8 Å². The number of anilines is 1. The highest BCUT2D eigenvalue weighted by Crippen LogP contribution is 2.30. The number of ether oxygens (including phenoxy) is 2. The van der Waals surface area contributed by atoms with Crippen molar-refractivity contribution < 1.29 is 9.47 Å². The van der Waals surface area contributed by atoms with Crippen molar-refractivity contribution in [1.82, 2.24) is 10.6 Å².